The zero-order chi connectivity index (χ0) is 28.2. The Morgan fingerprint density at radius 2 is 1.72 bits per heavy atom. The average Bonchev–Trinajstić information content (AvgIpc) is 2.90. The van der Waals surface area contributed by atoms with Crippen LogP contribution in [0.15, 0.2) is 72.8 Å². The fourth-order valence-corrected chi connectivity index (χ4v) is 5.94. The summed E-state index contributed by atoms with van der Waals surface area (Å²) in [7, 11) is -2.08. The SMILES string of the molecule is CC(C)S(=O)(=O)N(C)c1cc2cc(c1)C(=O)N[C@@H](c1ccccc1)CCc1cccc(c1)C[C@@](C)(N)COC2. The first kappa shape index (κ1) is 28.8. The van der Waals surface area contributed by atoms with Gasteiger partial charge in [-0.05, 0) is 80.5 Å². The minimum atomic E-state index is -3.59. The van der Waals surface area contributed by atoms with Crippen molar-refractivity contribution < 1.29 is 17.9 Å². The predicted octanol–water partition coefficient (Wildman–Crippen LogP) is 4.76. The minimum absolute atomic E-state index is 0.193. The van der Waals surface area contributed by atoms with E-state index in [0.29, 0.717) is 36.3 Å². The van der Waals surface area contributed by atoms with Crippen LogP contribution in [0, 0.1) is 0 Å². The predicted molar refractivity (Wildman–Crippen MR) is 156 cm³/mol. The number of ether oxygens (including phenoxy) is 1. The van der Waals surface area contributed by atoms with Gasteiger partial charge in [-0.3, -0.25) is 9.10 Å². The Bertz CT molecular complexity index is 1400. The topological polar surface area (TPSA) is 102 Å². The third-order valence-electron chi connectivity index (χ3n) is 7.11. The molecule has 0 aromatic heterocycles. The zero-order valence-electron chi connectivity index (χ0n) is 23.2. The number of nitrogens with two attached hydrogens (primary N) is 1. The van der Waals surface area contributed by atoms with E-state index in [1.54, 1.807) is 32.0 Å². The van der Waals surface area contributed by atoms with E-state index in [4.69, 9.17) is 10.5 Å². The number of aryl methyl sites for hydroxylation is 1. The molecule has 0 saturated heterocycles. The van der Waals surface area contributed by atoms with Crippen molar-refractivity contribution in [2.24, 2.45) is 5.73 Å². The number of hydrogen-bond donors (Lipinski definition) is 2. The second-order valence-electron chi connectivity index (χ2n) is 11.1. The molecule has 0 fully saturated rings. The van der Waals surface area contributed by atoms with Crippen molar-refractivity contribution >= 4 is 21.6 Å². The molecule has 0 spiro atoms. The molecule has 4 rings (SSSR count). The van der Waals surface area contributed by atoms with Crippen molar-refractivity contribution in [3.05, 3.63) is 101 Å². The normalized spacial score (nSPS) is 20.9. The Kier molecular flexibility index (Phi) is 8.79. The van der Waals surface area contributed by atoms with Gasteiger partial charge in [0.25, 0.3) is 5.91 Å². The molecule has 7 nitrogen and oxygen atoms in total. The van der Waals surface area contributed by atoms with Crippen LogP contribution < -0.4 is 15.4 Å². The first-order valence-electron chi connectivity index (χ1n) is 13.4. The molecule has 3 N–H and O–H groups in total. The lowest BCUT2D eigenvalue weighted by Crippen LogP contribution is -2.43. The third-order valence-corrected chi connectivity index (χ3v) is 9.28. The van der Waals surface area contributed by atoms with Crippen molar-refractivity contribution in [2.45, 2.75) is 63.5 Å². The highest BCUT2D eigenvalue weighted by Gasteiger charge is 2.25. The smallest absolute Gasteiger partial charge is 0.251 e. The van der Waals surface area contributed by atoms with Crippen LogP contribution in [0.2, 0.25) is 0 Å². The summed E-state index contributed by atoms with van der Waals surface area (Å²) in [5, 5.41) is 2.60. The average molecular weight is 550 g/mol. The number of carbonyl (C=O) groups excluding carboxylic acids is 1. The Hall–Kier alpha value is -3.20. The van der Waals surface area contributed by atoms with Crippen molar-refractivity contribution in [3.8, 4) is 0 Å². The molecule has 3 aromatic rings. The standard InChI is InChI=1S/C31H39N3O4S/c1-22(2)39(36,37)34(4)28-17-25-16-27(18-28)30(35)33-29(26-11-6-5-7-12-26)14-13-23-9-8-10-24(15-23)19-31(3,32)21-38-20-25/h5-12,15-18,22,29H,13-14,19-21,32H2,1-4H3,(H,33,35)/t29-,31-/m1/s1. The van der Waals surface area contributed by atoms with Crippen LogP contribution in [0.5, 0.6) is 0 Å². The lowest BCUT2D eigenvalue weighted by molar-refractivity contribution is 0.0789. The van der Waals surface area contributed by atoms with Crippen LogP contribution in [0.25, 0.3) is 0 Å². The van der Waals surface area contributed by atoms with Crippen molar-refractivity contribution in [3.63, 3.8) is 0 Å². The lowest BCUT2D eigenvalue weighted by atomic mass is 9.92. The van der Waals surface area contributed by atoms with E-state index in [-0.39, 0.29) is 18.6 Å². The van der Waals surface area contributed by atoms with Crippen molar-refractivity contribution in [1.29, 1.82) is 0 Å². The summed E-state index contributed by atoms with van der Waals surface area (Å²) in [5.41, 5.74) is 10.8. The fraction of sp³-hybridized carbons (Fsp3) is 0.387. The van der Waals surface area contributed by atoms with E-state index in [9.17, 15) is 13.2 Å². The third kappa shape index (κ3) is 7.26. The summed E-state index contributed by atoms with van der Waals surface area (Å²) in [5.74, 6) is -0.271. The Labute approximate surface area is 232 Å². The number of nitrogens with zero attached hydrogens (tertiary/aromatic N) is 1. The number of fused-ring (bicyclic) bond motifs is 4. The highest BCUT2D eigenvalue weighted by molar-refractivity contribution is 7.93. The second-order valence-corrected chi connectivity index (χ2v) is 13.6. The minimum Gasteiger partial charge on any atom is -0.375 e. The molecule has 3 aromatic carbocycles. The van der Waals surface area contributed by atoms with Gasteiger partial charge >= 0.3 is 0 Å². The molecule has 8 heteroatoms. The van der Waals surface area contributed by atoms with Gasteiger partial charge in [-0.1, -0.05) is 54.6 Å². The first-order valence-corrected chi connectivity index (χ1v) is 14.9. The number of hydrogen-bond acceptors (Lipinski definition) is 5. The van der Waals surface area contributed by atoms with Crippen LogP contribution in [0.4, 0.5) is 5.69 Å². The zero-order valence-corrected chi connectivity index (χ0v) is 24.0. The first-order chi connectivity index (χ1) is 18.4. The second kappa shape index (κ2) is 11.9. The molecule has 0 radical (unpaired) electrons. The van der Waals surface area contributed by atoms with Gasteiger partial charge in [0.05, 0.1) is 30.2 Å². The largest absolute Gasteiger partial charge is 0.375 e. The van der Waals surface area contributed by atoms with Gasteiger partial charge in [0, 0.05) is 18.2 Å². The van der Waals surface area contributed by atoms with Crippen LogP contribution in [-0.4, -0.2) is 38.8 Å². The number of benzene rings is 3. The monoisotopic (exact) mass is 549 g/mol. The summed E-state index contributed by atoms with van der Waals surface area (Å²) in [4.78, 5) is 13.7. The Morgan fingerprint density at radius 3 is 2.44 bits per heavy atom. The summed E-state index contributed by atoms with van der Waals surface area (Å²) in [6.07, 6.45) is 2.13. The van der Waals surface area contributed by atoms with Crippen molar-refractivity contribution in [1.82, 2.24) is 5.32 Å². The van der Waals surface area contributed by atoms with Gasteiger partial charge in [0.2, 0.25) is 10.0 Å². The van der Waals surface area contributed by atoms with Crippen LogP contribution in [0.3, 0.4) is 0 Å². The molecule has 0 saturated carbocycles. The summed E-state index contributed by atoms with van der Waals surface area (Å²) >= 11 is 0. The highest BCUT2D eigenvalue weighted by Crippen LogP contribution is 2.26. The molecule has 1 heterocycles. The van der Waals surface area contributed by atoms with E-state index < -0.39 is 20.8 Å². The quantitative estimate of drug-likeness (QED) is 0.489. The lowest BCUT2D eigenvalue weighted by Gasteiger charge is -2.26. The van der Waals surface area contributed by atoms with Crippen LogP contribution in [0.1, 0.15) is 65.8 Å². The molecule has 1 aliphatic heterocycles. The van der Waals surface area contributed by atoms with Crippen molar-refractivity contribution in [2.75, 3.05) is 18.0 Å². The Balaban J connectivity index is 1.75. The molecule has 4 bridgehead atoms. The number of rotatable bonds is 4. The van der Waals surface area contributed by atoms with E-state index in [2.05, 4.69) is 29.6 Å². The Morgan fingerprint density at radius 1 is 1.00 bits per heavy atom. The maximum absolute atomic E-state index is 13.7. The van der Waals surface area contributed by atoms with E-state index in [1.807, 2.05) is 37.3 Å². The van der Waals surface area contributed by atoms with Gasteiger partial charge in [-0.15, -0.1) is 0 Å². The summed E-state index contributed by atoms with van der Waals surface area (Å²) < 4.78 is 33.2. The summed E-state index contributed by atoms with van der Waals surface area (Å²) in [6.45, 7) is 5.74. The molecule has 0 unspecified atom stereocenters. The van der Waals surface area contributed by atoms with Gasteiger partial charge in [0.15, 0.2) is 0 Å². The maximum Gasteiger partial charge on any atom is 0.251 e. The van der Waals surface area contributed by atoms with Gasteiger partial charge in [-0.2, -0.15) is 0 Å². The molecule has 2 atom stereocenters. The number of amides is 1. The van der Waals surface area contributed by atoms with E-state index in [0.717, 1.165) is 17.5 Å². The van der Waals surface area contributed by atoms with Crippen LogP contribution in [-0.2, 0) is 34.2 Å². The molecule has 39 heavy (non-hydrogen) atoms. The molecule has 1 aliphatic rings. The number of anilines is 1. The molecule has 0 aliphatic carbocycles. The van der Waals surface area contributed by atoms with E-state index in [1.165, 1.54) is 16.9 Å². The molecule has 1 amide bonds. The number of nitrogens with one attached hydrogen (secondary N) is 1. The molecular formula is C31H39N3O4S. The highest BCUT2D eigenvalue weighted by atomic mass is 32.2. The van der Waals surface area contributed by atoms with Crippen LogP contribution >= 0.6 is 0 Å². The summed E-state index contributed by atoms with van der Waals surface area (Å²) in [6, 6.07) is 23.2. The molecular weight excluding hydrogens is 510 g/mol. The van der Waals surface area contributed by atoms with Gasteiger partial charge in [0.1, 0.15) is 0 Å². The van der Waals surface area contributed by atoms with Gasteiger partial charge < -0.3 is 15.8 Å². The number of carbonyl (C=O) groups is 1. The number of sulfonamides is 1. The fourth-order valence-electron chi connectivity index (χ4n) is 4.91. The maximum atomic E-state index is 13.7. The van der Waals surface area contributed by atoms with E-state index >= 15 is 0 Å². The van der Waals surface area contributed by atoms with Gasteiger partial charge in [-0.25, -0.2) is 8.42 Å². The molecule has 208 valence electrons.